The first-order valence-corrected chi connectivity index (χ1v) is 6.38. The van der Waals surface area contributed by atoms with Gasteiger partial charge in [-0.05, 0) is 32.1 Å². The van der Waals surface area contributed by atoms with Crippen LogP contribution in [0.15, 0.2) is 0 Å². The molecule has 2 N–H and O–H groups in total. The van der Waals surface area contributed by atoms with Crippen molar-refractivity contribution in [2.24, 2.45) is 0 Å². The molecule has 0 saturated carbocycles. The van der Waals surface area contributed by atoms with Crippen molar-refractivity contribution in [1.82, 2.24) is 5.32 Å². The molecule has 98 valence electrons. The zero-order valence-electron chi connectivity index (χ0n) is 10.1. The van der Waals surface area contributed by atoms with Crippen LogP contribution in [0.1, 0.15) is 32.1 Å². The number of aliphatic hydroxyl groups is 1. The number of hydrogen-bond acceptors (Lipinski definition) is 4. The van der Waals surface area contributed by atoms with Crippen LogP contribution in [-0.4, -0.2) is 49.1 Å². The molecule has 1 atom stereocenters. The molecule has 0 aromatic heterocycles. The van der Waals surface area contributed by atoms with Gasteiger partial charge in [-0.15, -0.1) is 0 Å². The monoisotopic (exact) mass is 243 g/mol. The number of rotatable bonds is 3. The minimum absolute atomic E-state index is 0.0329. The molecule has 2 heterocycles. The maximum absolute atomic E-state index is 12.0. The number of ether oxygens (including phenoxy) is 2. The lowest BCUT2D eigenvalue weighted by molar-refractivity contribution is -0.139. The molecule has 2 aliphatic rings. The Morgan fingerprint density at radius 2 is 2.06 bits per heavy atom. The highest BCUT2D eigenvalue weighted by molar-refractivity contribution is 5.81. The Hall–Kier alpha value is -0.650. The standard InChI is InChI=1S/C12H21NO4/c14-9-12(4-7-16-8-5-12)13-11(15)10-3-1-2-6-17-10/h10,14H,1-9H2,(H,13,15). The second-order valence-electron chi connectivity index (χ2n) is 4.90. The molecular formula is C12H21NO4. The van der Waals surface area contributed by atoms with E-state index in [0.717, 1.165) is 19.3 Å². The van der Waals surface area contributed by atoms with E-state index in [1.165, 1.54) is 0 Å². The summed E-state index contributed by atoms with van der Waals surface area (Å²) in [6.07, 6.45) is 3.85. The topological polar surface area (TPSA) is 67.8 Å². The van der Waals surface area contributed by atoms with Crippen LogP contribution in [0.3, 0.4) is 0 Å². The maximum Gasteiger partial charge on any atom is 0.249 e. The summed E-state index contributed by atoms with van der Waals surface area (Å²) in [5.74, 6) is -0.0827. The molecule has 1 amide bonds. The van der Waals surface area contributed by atoms with Gasteiger partial charge >= 0.3 is 0 Å². The number of nitrogens with one attached hydrogen (secondary N) is 1. The van der Waals surface area contributed by atoms with Gasteiger partial charge in [0.1, 0.15) is 6.10 Å². The fraction of sp³-hybridized carbons (Fsp3) is 0.917. The molecule has 0 radical (unpaired) electrons. The molecule has 0 spiro atoms. The van der Waals surface area contributed by atoms with Gasteiger partial charge in [-0.25, -0.2) is 0 Å². The van der Waals surface area contributed by atoms with E-state index in [4.69, 9.17) is 9.47 Å². The Kier molecular flexibility index (Phi) is 4.36. The quantitative estimate of drug-likeness (QED) is 0.743. The number of amides is 1. The third kappa shape index (κ3) is 3.18. The van der Waals surface area contributed by atoms with Crippen molar-refractivity contribution in [3.63, 3.8) is 0 Å². The van der Waals surface area contributed by atoms with E-state index >= 15 is 0 Å². The van der Waals surface area contributed by atoms with Crippen molar-refractivity contribution in [3.8, 4) is 0 Å². The number of hydrogen-bond donors (Lipinski definition) is 2. The van der Waals surface area contributed by atoms with Crippen molar-refractivity contribution in [1.29, 1.82) is 0 Å². The molecule has 0 bridgehead atoms. The Morgan fingerprint density at radius 3 is 2.65 bits per heavy atom. The summed E-state index contributed by atoms with van der Waals surface area (Å²) < 4.78 is 10.7. The van der Waals surface area contributed by atoms with Crippen LogP contribution >= 0.6 is 0 Å². The fourth-order valence-electron chi connectivity index (χ4n) is 2.37. The smallest absolute Gasteiger partial charge is 0.249 e. The zero-order valence-corrected chi connectivity index (χ0v) is 10.1. The Morgan fingerprint density at radius 1 is 1.29 bits per heavy atom. The summed E-state index contributed by atoms with van der Waals surface area (Å²) in [7, 11) is 0. The van der Waals surface area contributed by atoms with E-state index in [0.29, 0.717) is 32.7 Å². The van der Waals surface area contributed by atoms with Gasteiger partial charge in [0.05, 0.1) is 12.1 Å². The average Bonchev–Trinajstić information content (AvgIpc) is 2.41. The third-order valence-electron chi connectivity index (χ3n) is 3.61. The minimum Gasteiger partial charge on any atom is -0.394 e. The van der Waals surface area contributed by atoms with Gasteiger partial charge in [-0.2, -0.15) is 0 Å². The van der Waals surface area contributed by atoms with Crippen LogP contribution in [0.2, 0.25) is 0 Å². The molecule has 2 fully saturated rings. The second kappa shape index (κ2) is 5.80. The molecule has 2 rings (SSSR count). The highest BCUT2D eigenvalue weighted by atomic mass is 16.5. The van der Waals surface area contributed by atoms with Crippen molar-refractivity contribution < 1.29 is 19.4 Å². The van der Waals surface area contributed by atoms with Crippen LogP contribution in [0, 0.1) is 0 Å². The zero-order chi connectivity index (χ0) is 12.1. The number of aliphatic hydroxyl groups excluding tert-OH is 1. The lowest BCUT2D eigenvalue weighted by Gasteiger charge is -2.37. The van der Waals surface area contributed by atoms with Gasteiger partial charge in [-0.3, -0.25) is 4.79 Å². The summed E-state index contributed by atoms with van der Waals surface area (Å²) in [5.41, 5.74) is -0.504. The highest BCUT2D eigenvalue weighted by Gasteiger charge is 2.35. The summed E-state index contributed by atoms with van der Waals surface area (Å²) in [6, 6.07) is 0. The predicted octanol–water partition coefficient (Wildman–Crippen LogP) is 0.213. The molecular weight excluding hydrogens is 222 g/mol. The Bertz CT molecular complexity index is 257. The first kappa shape index (κ1) is 12.8. The van der Waals surface area contributed by atoms with Crippen molar-refractivity contribution in [2.45, 2.75) is 43.7 Å². The van der Waals surface area contributed by atoms with Crippen LogP contribution in [0.5, 0.6) is 0 Å². The number of carbonyl (C=O) groups is 1. The molecule has 2 saturated heterocycles. The van der Waals surface area contributed by atoms with Crippen molar-refractivity contribution in [2.75, 3.05) is 26.4 Å². The molecule has 5 heteroatoms. The second-order valence-corrected chi connectivity index (χ2v) is 4.90. The Balaban J connectivity index is 1.90. The van der Waals surface area contributed by atoms with Crippen LogP contribution < -0.4 is 5.32 Å². The van der Waals surface area contributed by atoms with Crippen LogP contribution in [0.25, 0.3) is 0 Å². The van der Waals surface area contributed by atoms with Gasteiger partial charge in [0.25, 0.3) is 0 Å². The molecule has 5 nitrogen and oxygen atoms in total. The van der Waals surface area contributed by atoms with E-state index in [2.05, 4.69) is 5.32 Å². The van der Waals surface area contributed by atoms with E-state index < -0.39 is 5.54 Å². The van der Waals surface area contributed by atoms with Gasteiger partial charge in [-0.1, -0.05) is 0 Å². The van der Waals surface area contributed by atoms with Crippen LogP contribution in [0.4, 0.5) is 0 Å². The molecule has 1 unspecified atom stereocenters. The molecule has 0 aliphatic carbocycles. The summed E-state index contributed by atoms with van der Waals surface area (Å²) in [6.45, 7) is 1.81. The lowest BCUT2D eigenvalue weighted by atomic mass is 9.90. The third-order valence-corrected chi connectivity index (χ3v) is 3.61. The minimum atomic E-state index is -0.504. The van der Waals surface area contributed by atoms with Gasteiger partial charge in [0.2, 0.25) is 5.91 Å². The van der Waals surface area contributed by atoms with E-state index in [1.54, 1.807) is 0 Å². The van der Waals surface area contributed by atoms with Crippen LogP contribution in [-0.2, 0) is 14.3 Å². The van der Waals surface area contributed by atoms with Gasteiger partial charge in [0, 0.05) is 19.8 Å². The van der Waals surface area contributed by atoms with Crippen molar-refractivity contribution in [3.05, 3.63) is 0 Å². The molecule has 17 heavy (non-hydrogen) atoms. The van der Waals surface area contributed by atoms with E-state index in [9.17, 15) is 9.90 Å². The SMILES string of the molecule is O=C(NC1(CO)CCOCC1)C1CCCCO1. The van der Waals surface area contributed by atoms with E-state index in [-0.39, 0.29) is 18.6 Å². The highest BCUT2D eigenvalue weighted by Crippen LogP contribution is 2.21. The predicted molar refractivity (Wildman–Crippen MR) is 61.6 cm³/mol. The summed E-state index contributed by atoms with van der Waals surface area (Å²) >= 11 is 0. The molecule has 2 aliphatic heterocycles. The average molecular weight is 243 g/mol. The largest absolute Gasteiger partial charge is 0.394 e. The normalized spacial score (nSPS) is 28.6. The maximum atomic E-state index is 12.0. The van der Waals surface area contributed by atoms with Crippen molar-refractivity contribution >= 4 is 5.91 Å². The molecule has 0 aromatic rings. The first-order valence-electron chi connectivity index (χ1n) is 6.38. The fourth-order valence-corrected chi connectivity index (χ4v) is 2.37. The molecule has 0 aromatic carbocycles. The van der Waals surface area contributed by atoms with Gasteiger partial charge in [0.15, 0.2) is 0 Å². The van der Waals surface area contributed by atoms with Gasteiger partial charge < -0.3 is 19.9 Å². The Labute approximate surface area is 101 Å². The summed E-state index contributed by atoms with van der Waals surface area (Å²) in [5, 5.41) is 12.4. The first-order chi connectivity index (χ1) is 8.26. The number of carbonyl (C=O) groups excluding carboxylic acids is 1. The van der Waals surface area contributed by atoms with E-state index in [1.807, 2.05) is 0 Å². The lowest BCUT2D eigenvalue weighted by Crippen LogP contribution is -2.57. The summed E-state index contributed by atoms with van der Waals surface area (Å²) in [4.78, 5) is 12.0.